The van der Waals surface area contributed by atoms with E-state index in [0.29, 0.717) is 17.1 Å². The highest BCUT2D eigenvalue weighted by Gasteiger charge is 2.20. The van der Waals surface area contributed by atoms with Gasteiger partial charge in [-0.3, -0.25) is 9.69 Å². The molecule has 1 unspecified atom stereocenters. The van der Waals surface area contributed by atoms with Crippen molar-refractivity contribution in [2.24, 2.45) is 0 Å². The Labute approximate surface area is 171 Å². The van der Waals surface area contributed by atoms with Gasteiger partial charge < -0.3 is 14.5 Å². The van der Waals surface area contributed by atoms with E-state index in [1.54, 1.807) is 7.11 Å². The van der Waals surface area contributed by atoms with Gasteiger partial charge in [0.05, 0.1) is 13.2 Å². The average molecular weight is 392 g/mol. The number of likely N-dealkylation sites (tertiary alicyclic amines) is 1. The van der Waals surface area contributed by atoms with Crippen LogP contribution >= 0.6 is 0 Å². The number of piperidine rings is 1. The predicted molar refractivity (Wildman–Crippen MR) is 114 cm³/mol. The Balaban J connectivity index is 1.59. The van der Waals surface area contributed by atoms with Crippen molar-refractivity contribution < 1.29 is 13.9 Å². The van der Waals surface area contributed by atoms with Crippen LogP contribution in [0.3, 0.4) is 0 Å². The molecule has 29 heavy (non-hydrogen) atoms. The lowest BCUT2D eigenvalue weighted by molar-refractivity contribution is 0.0914. The standard InChI is InChI=1S/C24H28N2O3/c1-17(18-9-5-3-6-10-18)25-24(27)22-15-20-19(16-26-13-7-4-8-14-26)11-12-21(28-2)23(20)29-22/h3,5-6,9-12,15,17H,4,7-8,13-14,16H2,1-2H3,(H,25,27). The lowest BCUT2D eigenvalue weighted by Crippen LogP contribution is -2.29. The van der Waals surface area contributed by atoms with Crippen LogP contribution in [0.4, 0.5) is 0 Å². The number of hydrogen-bond acceptors (Lipinski definition) is 4. The number of carbonyl (C=O) groups excluding carboxylic acids is 1. The summed E-state index contributed by atoms with van der Waals surface area (Å²) in [4.78, 5) is 15.3. The quantitative estimate of drug-likeness (QED) is 0.647. The molecule has 1 N–H and O–H groups in total. The van der Waals surface area contributed by atoms with E-state index in [1.807, 2.05) is 49.4 Å². The third-order valence-corrected chi connectivity index (χ3v) is 5.67. The number of methoxy groups -OCH3 is 1. The van der Waals surface area contributed by atoms with Crippen LogP contribution in [0.15, 0.2) is 52.9 Å². The van der Waals surface area contributed by atoms with Gasteiger partial charge in [-0.1, -0.05) is 42.8 Å². The fourth-order valence-electron chi connectivity index (χ4n) is 4.02. The molecule has 2 aromatic carbocycles. The number of fused-ring (bicyclic) bond motifs is 1. The van der Waals surface area contributed by atoms with Gasteiger partial charge >= 0.3 is 0 Å². The van der Waals surface area contributed by atoms with Crippen molar-refractivity contribution in [3.63, 3.8) is 0 Å². The maximum atomic E-state index is 12.8. The Morgan fingerprint density at radius 3 is 2.62 bits per heavy atom. The molecule has 1 saturated heterocycles. The summed E-state index contributed by atoms with van der Waals surface area (Å²) >= 11 is 0. The molecule has 0 spiro atoms. The predicted octanol–water partition coefficient (Wildman–Crippen LogP) is 4.92. The molecular formula is C24H28N2O3. The SMILES string of the molecule is COc1ccc(CN2CCCCC2)c2cc(C(=O)NC(C)c3ccccc3)oc12. The molecule has 0 saturated carbocycles. The second kappa shape index (κ2) is 8.70. The minimum Gasteiger partial charge on any atom is -0.493 e. The number of amides is 1. The smallest absolute Gasteiger partial charge is 0.287 e. The van der Waals surface area contributed by atoms with Crippen LogP contribution in [0.2, 0.25) is 0 Å². The van der Waals surface area contributed by atoms with Crippen molar-refractivity contribution in [1.29, 1.82) is 0 Å². The van der Waals surface area contributed by atoms with Gasteiger partial charge in [-0.2, -0.15) is 0 Å². The fourth-order valence-corrected chi connectivity index (χ4v) is 4.02. The number of benzene rings is 2. The summed E-state index contributed by atoms with van der Waals surface area (Å²) in [6.45, 7) is 5.07. The molecule has 2 heterocycles. The molecule has 5 heteroatoms. The Kier molecular flexibility index (Phi) is 5.86. The Hall–Kier alpha value is -2.79. The van der Waals surface area contributed by atoms with Crippen LogP contribution in [0.25, 0.3) is 11.0 Å². The summed E-state index contributed by atoms with van der Waals surface area (Å²) in [6.07, 6.45) is 3.80. The van der Waals surface area contributed by atoms with E-state index in [0.717, 1.165) is 30.6 Å². The summed E-state index contributed by atoms with van der Waals surface area (Å²) in [7, 11) is 1.62. The molecule has 1 amide bonds. The van der Waals surface area contributed by atoms with Crippen molar-refractivity contribution in [1.82, 2.24) is 10.2 Å². The maximum absolute atomic E-state index is 12.8. The number of ether oxygens (including phenoxy) is 1. The van der Waals surface area contributed by atoms with Crippen molar-refractivity contribution in [2.45, 2.75) is 38.8 Å². The molecule has 5 nitrogen and oxygen atoms in total. The van der Waals surface area contributed by atoms with Crippen LogP contribution in [0.1, 0.15) is 53.9 Å². The molecule has 1 fully saturated rings. The first-order chi connectivity index (χ1) is 14.2. The normalized spacial score (nSPS) is 15.9. The van der Waals surface area contributed by atoms with Crippen LogP contribution in [-0.4, -0.2) is 31.0 Å². The number of carbonyl (C=O) groups is 1. The first kappa shape index (κ1) is 19.5. The molecule has 1 atom stereocenters. The minimum absolute atomic E-state index is 0.105. The highest BCUT2D eigenvalue weighted by molar-refractivity contribution is 5.98. The average Bonchev–Trinajstić information content (AvgIpc) is 3.21. The number of nitrogens with one attached hydrogen (secondary N) is 1. The summed E-state index contributed by atoms with van der Waals surface area (Å²) in [6, 6.07) is 15.7. The van der Waals surface area contributed by atoms with Gasteiger partial charge in [-0.25, -0.2) is 0 Å². The van der Waals surface area contributed by atoms with E-state index in [9.17, 15) is 4.79 Å². The van der Waals surface area contributed by atoms with Crippen LogP contribution in [-0.2, 0) is 6.54 Å². The van der Waals surface area contributed by atoms with Crippen molar-refractivity contribution in [3.05, 3.63) is 65.4 Å². The van der Waals surface area contributed by atoms with Crippen LogP contribution in [0.5, 0.6) is 5.75 Å². The van der Waals surface area contributed by atoms with Crippen molar-refractivity contribution >= 4 is 16.9 Å². The first-order valence-electron chi connectivity index (χ1n) is 10.3. The summed E-state index contributed by atoms with van der Waals surface area (Å²) < 4.78 is 11.4. The van der Waals surface area contributed by atoms with Gasteiger partial charge in [0, 0.05) is 11.9 Å². The second-order valence-electron chi connectivity index (χ2n) is 7.72. The monoisotopic (exact) mass is 392 g/mol. The number of furan rings is 1. The molecule has 0 bridgehead atoms. The molecule has 1 aromatic heterocycles. The lowest BCUT2D eigenvalue weighted by atomic mass is 10.1. The van der Waals surface area contributed by atoms with Gasteiger partial charge in [0.25, 0.3) is 5.91 Å². The Morgan fingerprint density at radius 1 is 1.14 bits per heavy atom. The molecule has 0 radical (unpaired) electrons. The zero-order valence-corrected chi connectivity index (χ0v) is 17.1. The van der Waals surface area contributed by atoms with Crippen LogP contribution in [0, 0.1) is 0 Å². The second-order valence-corrected chi connectivity index (χ2v) is 7.72. The van der Waals surface area contributed by atoms with Gasteiger partial charge in [0.1, 0.15) is 0 Å². The van der Waals surface area contributed by atoms with Gasteiger partial charge in [-0.05, 0) is 56.1 Å². The van der Waals surface area contributed by atoms with Crippen LogP contribution < -0.4 is 10.1 Å². The van der Waals surface area contributed by atoms with E-state index < -0.39 is 0 Å². The zero-order valence-electron chi connectivity index (χ0n) is 17.1. The third-order valence-electron chi connectivity index (χ3n) is 5.67. The number of rotatable bonds is 6. The van der Waals surface area contributed by atoms with Crippen molar-refractivity contribution in [2.75, 3.05) is 20.2 Å². The fraction of sp³-hybridized carbons (Fsp3) is 0.375. The third kappa shape index (κ3) is 4.30. The van der Waals surface area contributed by atoms with E-state index in [2.05, 4.69) is 16.3 Å². The molecule has 4 rings (SSSR count). The highest BCUT2D eigenvalue weighted by Crippen LogP contribution is 2.33. The van der Waals surface area contributed by atoms with E-state index in [4.69, 9.17) is 9.15 Å². The molecular weight excluding hydrogens is 364 g/mol. The molecule has 1 aliphatic heterocycles. The number of hydrogen-bond donors (Lipinski definition) is 1. The first-order valence-corrected chi connectivity index (χ1v) is 10.3. The summed E-state index contributed by atoms with van der Waals surface area (Å²) in [5, 5.41) is 3.98. The molecule has 152 valence electrons. The lowest BCUT2D eigenvalue weighted by Gasteiger charge is -2.26. The summed E-state index contributed by atoms with van der Waals surface area (Å²) in [5.74, 6) is 0.744. The Bertz CT molecular complexity index is 974. The highest BCUT2D eigenvalue weighted by atomic mass is 16.5. The van der Waals surface area contributed by atoms with Gasteiger partial charge in [0.15, 0.2) is 17.1 Å². The van der Waals surface area contributed by atoms with Crippen molar-refractivity contribution in [3.8, 4) is 5.75 Å². The van der Waals surface area contributed by atoms with E-state index in [-0.39, 0.29) is 11.9 Å². The maximum Gasteiger partial charge on any atom is 0.287 e. The van der Waals surface area contributed by atoms with E-state index >= 15 is 0 Å². The zero-order chi connectivity index (χ0) is 20.2. The molecule has 3 aromatic rings. The number of nitrogens with zero attached hydrogens (tertiary/aromatic N) is 1. The Morgan fingerprint density at radius 2 is 1.90 bits per heavy atom. The van der Waals surface area contributed by atoms with Gasteiger partial charge in [0.2, 0.25) is 0 Å². The van der Waals surface area contributed by atoms with Gasteiger partial charge in [-0.15, -0.1) is 0 Å². The molecule has 0 aliphatic carbocycles. The largest absolute Gasteiger partial charge is 0.493 e. The minimum atomic E-state index is -0.219. The molecule has 1 aliphatic rings. The summed E-state index contributed by atoms with van der Waals surface area (Å²) in [5.41, 5.74) is 2.86. The topological polar surface area (TPSA) is 54.7 Å². The van der Waals surface area contributed by atoms with E-state index in [1.165, 1.54) is 24.8 Å².